The van der Waals surface area contributed by atoms with Crippen molar-refractivity contribution >= 4 is 34.4 Å². The number of aromatic amines is 1. The van der Waals surface area contributed by atoms with E-state index in [-0.39, 0.29) is 5.91 Å². The van der Waals surface area contributed by atoms with Crippen molar-refractivity contribution in [3.05, 3.63) is 70.1 Å². The lowest BCUT2D eigenvalue weighted by molar-refractivity contribution is 0.0954. The first-order valence-corrected chi connectivity index (χ1v) is 10.7. The standard InChI is InChI=1S/C24H25ClN6O/c1-14-8-9-18(25)20-16(15(2)29-21(14)20)10-12-27-23(32)17-13-28-24(31(3)4)30-22(17)19-7-5-6-11-26-19/h5-9,11,13,29H,10,12H2,1-4H3,(H,27,32). The number of aromatic nitrogens is 4. The zero-order chi connectivity index (χ0) is 22.8. The summed E-state index contributed by atoms with van der Waals surface area (Å²) < 4.78 is 0. The number of amides is 1. The van der Waals surface area contributed by atoms with Gasteiger partial charge in [-0.05, 0) is 49.6 Å². The maximum atomic E-state index is 13.1. The number of carbonyl (C=O) groups is 1. The van der Waals surface area contributed by atoms with Crippen molar-refractivity contribution in [2.75, 3.05) is 25.5 Å². The van der Waals surface area contributed by atoms with Crippen LogP contribution in [-0.2, 0) is 6.42 Å². The summed E-state index contributed by atoms with van der Waals surface area (Å²) in [5.41, 5.74) is 5.86. The van der Waals surface area contributed by atoms with E-state index in [9.17, 15) is 4.79 Å². The van der Waals surface area contributed by atoms with Crippen LogP contribution in [0.4, 0.5) is 5.95 Å². The topological polar surface area (TPSA) is 86.8 Å². The Bertz CT molecular complexity index is 1280. The van der Waals surface area contributed by atoms with Gasteiger partial charge in [-0.1, -0.05) is 23.7 Å². The van der Waals surface area contributed by atoms with E-state index in [1.165, 1.54) is 0 Å². The molecule has 8 heteroatoms. The molecular weight excluding hydrogens is 424 g/mol. The van der Waals surface area contributed by atoms with Crippen molar-refractivity contribution < 1.29 is 4.79 Å². The van der Waals surface area contributed by atoms with Gasteiger partial charge >= 0.3 is 0 Å². The van der Waals surface area contributed by atoms with Gasteiger partial charge in [0.15, 0.2) is 0 Å². The van der Waals surface area contributed by atoms with Crippen LogP contribution >= 0.6 is 11.6 Å². The number of fused-ring (bicyclic) bond motifs is 1. The summed E-state index contributed by atoms with van der Waals surface area (Å²) in [6.07, 6.45) is 3.88. The molecule has 4 aromatic rings. The molecule has 3 aromatic heterocycles. The third-order valence-electron chi connectivity index (χ3n) is 5.42. The predicted octanol–water partition coefficient (Wildman–Crippen LogP) is 4.33. The van der Waals surface area contributed by atoms with Gasteiger partial charge < -0.3 is 15.2 Å². The average Bonchev–Trinajstić information content (AvgIpc) is 3.13. The summed E-state index contributed by atoms with van der Waals surface area (Å²) in [5.74, 6) is 0.275. The van der Waals surface area contributed by atoms with Gasteiger partial charge in [0.05, 0.1) is 21.8 Å². The minimum atomic E-state index is -0.240. The van der Waals surface area contributed by atoms with Crippen molar-refractivity contribution in [2.24, 2.45) is 0 Å². The number of carbonyl (C=O) groups excluding carboxylic acids is 1. The number of aryl methyl sites for hydroxylation is 2. The Kier molecular flexibility index (Phi) is 6.10. The Morgan fingerprint density at radius 3 is 2.69 bits per heavy atom. The molecule has 0 spiro atoms. The number of rotatable bonds is 6. The van der Waals surface area contributed by atoms with Gasteiger partial charge in [0.25, 0.3) is 5.91 Å². The monoisotopic (exact) mass is 448 g/mol. The van der Waals surface area contributed by atoms with E-state index in [2.05, 4.69) is 32.2 Å². The van der Waals surface area contributed by atoms with E-state index < -0.39 is 0 Å². The van der Waals surface area contributed by atoms with Crippen molar-refractivity contribution in [3.63, 3.8) is 0 Å². The molecule has 4 rings (SSSR count). The Morgan fingerprint density at radius 1 is 1.16 bits per heavy atom. The maximum absolute atomic E-state index is 13.1. The molecule has 1 aromatic carbocycles. The van der Waals surface area contributed by atoms with Crippen LogP contribution in [-0.4, -0.2) is 46.5 Å². The fourth-order valence-electron chi connectivity index (χ4n) is 3.75. The third kappa shape index (κ3) is 4.16. The fourth-order valence-corrected chi connectivity index (χ4v) is 4.02. The summed E-state index contributed by atoms with van der Waals surface area (Å²) >= 11 is 6.48. The molecular formula is C24H25ClN6O. The number of pyridine rings is 1. The number of nitrogens with one attached hydrogen (secondary N) is 2. The zero-order valence-electron chi connectivity index (χ0n) is 18.5. The summed E-state index contributed by atoms with van der Waals surface area (Å²) in [7, 11) is 3.71. The van der Waals surface area contributed by atoms with Crippen LogP contribution < -0.4 is 10.2 Å². The lowest BCUT2D eigenvalue weighted by Gasteiger charge is -2.14. The molecule has 7 nitrogen and oxygen atoms in total. The molecule has 1 amide bonds. The number of anilines is 1. The summed E-state index contributed by atoms with van der Waals surface area (Å²) in [5, 5.41) is 4.73. The highest BCUT2D eigenvalue weighted by atomic mass is 35.5. The van der Waals surface area contributed by atoms with Crippen molar-refractivity contribution in [2.45, 2.75) is 20.3 Å². The van der Waals surface area contributed by atoms with Gasteiger partial charge in [-0.3, -0.25) is 9.78 Å². The highest BCUT2D eigenvalue weighted by molar-refractivity contribution is 6.35. The zero-order valence-corrected chi connectivity index (χ0v) is 19.3. The number of H-pyrrole nitrogens is 1. The third-order valence-corrected chi connectivity index (χ3v) is 5.73. The van der Waals surface area contributed by atoms with Gasteiger partial charge in [0.1, 0.15) is 5.69 Å². The molecule has 0 aliphatic rings. The fraction of sp³-hybridized carbons (Fsp3) is 0.250. The summed E-state index contributed by atoms with van der Waals surface area (Å²) in [6.45, 7) is 4.53. The first-order chi connectivity index (χ1) is 15.4. The molecule has 164 valence electrons. The van der Waals surface area contributed by atoms with E-state index in [4.69, 9.17) is 11.6 Å². The van der Waals surface area contributed by atoms with Crippen LogP contribution in [0.15, 0.2) is 42.7 Å². The second-order valence-electron chi connectivity index (χ2n) is 7.89. The number of hydrogen-bond donors (Lipinski definition) is 2. The van der Waals surface area contributed by atoms with Crippen LogP contribution in [0.2, 0.25) is 5.02 Å². The molecule has 2 N–H and O–H groups in total. The molecule has 0 bridgehead atoms. The molecule has 0 aliphatic heterocycles. The molecule has 32 heavy (non-hydrogen) atoms. The van der Waals surface area contributed by atoms with Gasteiger partial charge in [0.2, 0.25) is 5.95 Å². The molecule has 0 unspecified atom stereocenters. The number of benzene rings is 1. The van der Waals surface area contributed by atoms with E-state index in [1.807, 2.05) is 51.4 Å². The predicted molar refractivity (Wildman–Crippen MR) is 128 cm³/mol. The highest BCUT2D eigenvalue weighted by Gasteiger charge is 2.19. The summed E-state index contributed by atoms with van der Waals surface area (Å²) in [6, 6.07) is 9.44. The maximum Gasteiger partial charge on any atom is 0.255 e. The SMILES string of the molecule is Cc1[nH]c2c(C)ccc(Cl)c2c1CCNC(=O)c1cnc(N(C)C)nc1-c1ccccn1. The first-order valence-electron chi connectivity index (χ1n) is 10.4. The molecule has 0 fully saturated rings. The Balaban J connectivity index is 1.58. The highest BCUT2D eigenvalue weighted by Crippen LogP contribution is 2.31. The lowest BCUT2D eigenvalue weighted by Crippen LogP contribution is -2.27. The minimum absolute atomic E-state index is 0.240. The quantitative estimate of drug-likeness (QED) is 0.458. The lowest BCUT2D eigenvalue weighted by atomic mass is 10.1. The molecule has 0 saturated heterocycles. The molecule has 0 saturated carbocycles. The van der Waals surface area contributed by atoms with Crippen LogP contribution in [0.1, 0.15) is 27.2 Å². The average molecular weight is 449 g/mol. The van der Waals surface area contributed by atoms with Gasteiger partial charge in [-0.25, -0.2) is 9.97 Å². The smallest absolute Gasteiger partial charge is 0.255 e. The number of nitrogens with zero attached hydrogens (tertiary/aromatic N) is 4. The van der Waals surface area contributed by atoms with Crippen molar-refractivity contribution in [3.8, 4) is 11.4 Å². The molecule has 0 radical (unpaired) electrons. The Labute approximate surface area is 191 Å². The van der Waals surface area contributed by atoms with Gasteiger partial charge in [0, 0.05) is 44.1 Å². The van der Waals surface area contributed by atoms with E-state index in [0.717, 1.165) is 27.7 Å². The largest absolute Gasteiger partial charge is 0.358 e. The minimum Gasteiger partial charge on any atom is -0.358 e. The van der Waals surface area contributed by atoms with E-state index >= 15 is 0 Å². The first kappa shape index (κ1) is 21.8. The van der Waals surface area contributed by atoms with E-state index in [0.29, 0.717) is 40.9 Å². The van der Waals surface area contributed by atoms with Crippen LogP contribution in [0.25, 0.3) is 22.3 Å². The number of hydrogen-bond acceptors (Lipinski definition) is 5. The molecule has 0 atom stereocenters. The van der Waals surface area contributed by atoms with Gasteiger partial charge in [-0.15, -0.1) is 0 Å². The second-order valence-corrected chi connectivity index (χ2v) is 8.30. The van der Waals surface area contributed by atoms with Crippen LogP contribution in [0, 0.1) is 13.8 Å². The molecule has 0 aliphatic carbocycles. The van der Waals surface area contributed by atoms with Crippen LogP contribution in [0.5, 0.6) is 0 Å². The van der Waals surface area contributed by atoms with Crippen molar-refractivity contribution in [1.29, 1.82) is 0 Å². The number of halogens is 1. The van der Waals surface area contributed by atoms with E-state index in [1.54, 1.807) is 17.3 Å². The Hall–Kier alpha value is -3.45. The second kappa shape index (κ2) is 8.96. The van der Waals surface area contributed by atoms with Crippen LogP contribution in [0.3, 0.4) is 0 Å². The summed E-state index contributed by atoms with van der Waals surface area (Å²) in [4.78, 5) is 31.5. The molecule has 3 heterocycles. The van der Waals surface area contributed by atoms with Crippen molar-refractivity contribution in [1.82, 2.24) is 25.3 Å². The van der Waals surface area contributed by atoms with Gasteiger partial charge in [-0.2, -0.15) is 0 Å². The normalized spacial score (nSPS) is 11.0. The Morgan fingerprint density at radius 2 is 1.97 bits per heavy atom.